The Morgan fingerprint density at radius 1 is 1.03 bits per heavy atom. The van der Waals surface area contributed by atoms with Gasteiger partial charge in [-0.05, 0) is 68.4 Å². The number of pyridine rings is 1. The van der Waals surface area contributed by atoms with E-state index in [1.807, 2.05) is 47.9 Å². The number of carbonyl (C=O) groups excluding carboxylic acids is 2. The van der Waals surface area contributed by atoms with Crippen LogP contribution in [0.5, 0.6) is 0 Å². The van der Waals surface area contributed by atoms with E-state index in [9.17, 15) is 9.59 Å². The molecule has 0 aliphatic carbocycles. The molecule has 0 atom stereocenters. The first-order chi connectivity index (χ1) is 13.9. The number of piperidine rings is 2. The van der Waals surface area contributed by atoms with Gasteiger partial charge in [0.1, 0.15) is 0 Å². The fourth-order valence-corrected chi connectivity index (χ4v) is 4.83. The van der Waals surface area contributed by atoms with E-state index in [2.05, 4.69) is 11.1 Å². The molecule has 4 rings (SSSR count). The molecule has 2 fully saturated rings. The van der Waals surface area contributed by atoms with Crippen LogP contribution in [0.4, 0.5) is 0 Å². The minimum absolute atomic E-state index is 0.132. The molecule has 2 aliphatic heterocycles. The Morgan fingerprint density at radius 3 is 2.34 bits per heavy atom. The zero-order valence-corrected chi connectivity index (χ0v) is 17.4. The zero-order chi connectivity index (χ0) is 20.4. The summed E-state index contributed by atoms with van der Waals surface area (Å²) in [6, 6.07) is 10.0. The van der Waals surface area contributed by atoms with Gasteiger partial charge in [0.25, 0.3) is 5.91 Å². The lowest BCUT2D eigenvalue weighted by Crippen LogP contribution is -2.52. The predicted molar refractivity (Wildman–Crippen MR) is 112 cm³/mol. The van der Waals surface area contributed by atoms with Crippen LogP contribution in [0.3, 0.4) is 0 Å². The lowest BCUT2D eigenvalue weighted by Gasteiger charge is -2.47. The Labute approximate surface area is 172 Å². The summed E-state index contributed by atoms with van der Waals surface area (Å²) >= 11 is 0. The number of benzene rings is 1. The molecule has 0 unspecified atom stereocenters. The number of amides is 2. The van der Waals surface area contributed by atoms with Gasteiger partial charge in [-0.3, -0.25) is 14.6 Å². The van der Waals surface area contributed by atoms with E-state index in [4.69, 9.17) is 0 Å². The summed E-state index contributed by atoms with van der Waals surface area (Å²) in [4.78, 5) is 33.5. The number of carbonyl (C=O) groups is 2. The molecule has 2 saturated heterocycles. The monoisotopic (exact) mass is 391 g/mol. The lowest BCUT2D eigenvalue weighted by molar-refractivity contribution is -0.139. The van der Waals surface area contributed by atoms with Gasteiger partial charge in [0.2, 0.25) is 5.91 Å². The third-order valence-electron chi connectivity index (χ3n) is 6.45. The van der Waals surface area contributed by atoms with Gasteiger partial charge >= 0.3 is 0 Å². The fraction of sp³-hybridized carbons (Fsp3) is 0.458. The largest absolute Gasteiger partial charge is 0.339 e. The van der Waals surface area contributed by atoms with Crippen molar-refractivity contribution in [2.24, 2.45) is 5.41 Å². The maximum Gasteiger partial charge on any atom is 0.253 e. The Balaban J connectivity index is 1.41. The van der Waals surface area contributed by atoms with Crippen molar-refractivity contribution < 1.29 is 9.59 Å². The van der Waals surface area contributed by atoms with E-state index in [0.717, 1.165) is 61.2 Å². The van der Waals surface area contributed by atoms with Crippen molar-refractivity contribution in [1.82, 2.24) is 14.8 Å². The highest BCUT2D eigenvalue weighted by Crippen LogP contribution is 2.40. The SMILES string of the molecule is Cc1cc(C)cc(C(=O)N2CCC3(CCC(=O)N(Cc4ccncc4)C3)CC2)c1. The second-order valence-electron chi connectivity index (χ2n) is 8.77. The molecule has 0 radical (unpaired) electrons. The number of rotatable bonds is 3. The van der Waals surface area contributed by atoms with E-state index >= 15 is 0 Å². The first-order valence-corrected chi connectivity index (χ1v) is 10.5. The van der Waals surface area contributed by atoms with E-state index in [1.165, 1.54) is 0 Å². The Morgan fingerprint density at radius 2 is 1.69 bits per heavy atom. The summed E-state index contributed by atoms with van der Waals surface area (Å²) in [6.07, 6.45) is 7.01. The number of aromatic nitrogens is 1. The van der Waals surface area contributed by atoms with Gasteiger partial charge in [-0.2, -0.15) is 0 Å². The van der Waals surface area contributed by atoms with Crippen LogP contribution in [0.1, 0.15) is 52.7 Å². The molecule has 3 heterocycles. The van der Waals surface area contributed by atoms with Gasteiger partial charge in [0, 0.05) is 50.6 Å². The molecule has 2 aliphatic rings. The van der Waals surface area contributed by atoms with Crippen molar-refractivity contribution in [3.05, 3.63) is 65.0 Å². The number of hydrogen-bond donors (Lipinski definition) is 0. The number of likely N-dealkylation sites (tertiary alicyclic amines) is 2. The van der Waals surface area contributed by atoms with Crippen molar-refractivity contribution in [3.63, 3.8) is 0 Å². The minimum Gasteiger partial charge on any atom is -0.339 e. The zero-order valence-electron chi connectivity index (χ0n) is 17.4. The van der Waals surface area contributed by atoms with Crippen LogP contribution >= 0.6 is 0 Å². The van der Waals surface area contributed by atoms with Gasteiger partial charge in [-0.25, -0.2) is 0 Å². The van der Waals surface area contributed by atoms with E-state index in [-0.39, 0.29) is 17.2 Å². The highest BCUT2D eigenvalue weighted by molar-refractivity contribution is 5.94. The molecule has 1 aromatic heterocycles. The minimum atomic E-state index is 0.132. The summed E-state index contributed by atoms with van der Waals surface area (Å²) in [6.45, 7) is 7.04. The van der Waals surface area contributed by atoms with Crippen LogP contribution in [0.2, 0.25) is 0 Å². The number of aryl methyl sites for hydroxylation is 2. The van der Waals surface area contributed by atoms with Crippen molar-refractivity contribution in [1.29, 1.82) is 0 Å². The summed E-state index contributed by atoms with van der Waals surface area (Å²) in [7, 11) is 0. The van der Waals surface area contributed by atoms with E-state index < -0.39 is 0 Å². The van der Waals surface area contributed by atoms with Crippen LogP contribution in [0.15, 0.2) is 42.7 Å². The average Bonchev–Trinajstić information content (AvgIpc) is 2.71. The fourth-order valence-electron chi connectivity index (χ4n) is 4.83. The second-order valence-corrected chi connectivity index (χ2v) is 8.77. The topological polar surface area (TPSA) is 53.5 Å². The highest BCUT2D eigenvalue weighted by Gasteiger charge is 2.41. The van der Waals surface area contributed by atoms with Gasteiger partial charge in [0.05, 0.1) is 0 Å². The molecular formula is C24H29N3O2. The quantitative estimate of drug-likeness (QED) is 0.801. The number of hydrogen-bond acceptors (Lipinski definition) is 3. The first kappa shape index (κ1) is 19.6. The summed E-state index contributed by atoms with van der Waals surface area (Å²) < 4.78 is 0. The third-order valence-corrected chi connectivity index (χ3v) is 6.45. The van der Waals surface area contributed by atoms with Crippen LogP contribution in [-0.2, 0) is 11.3 Å². The van der Waals surface area contributed by atoms with Gasteiger partial charge in [-0.1, -0.05) is 17.2 Å². The smallest absolute Gasteiger partial charge is 0.253 e. The van der Waals surface area contributed by atoms with Crippen LogP contribution < -0.4 is 0 Å². The van der Waals surface area contributed by atoms with Crippen molar-refractivity contribution in [2.45, 2.75) is 46.1 Å². The van der Waals surface area contributed by atoms with Crippen molar-refractivity contribution in [2.75, 3.05) is 19.6 Å². The average molecular weight is 392 g/mol. The maximum atomic E-state index is 13.0. The molecule has 0 N–H and O–H groups in total. The summed E-state index contributed by atoms with van der Waals surface area (Å²) in [5, 5.41) is 0. The molecule has 5 nitrogen and oxygen atoms in total. The molecule has 0 bridgehead atoms. The summed E-state index contributed by atoms with van der Waals surface area (Å²) in [5.41, 5.74) is 4.29. The Hall–Kier alpha value is -2.69. The third kappa shape index (κ3) is 4.34. The van der Waals surface area contributed by atoms with Crippen LogP contribution in [0.25, 0.3) is 0 Å². The Bertz CT molecular complexity index is 881. The van der Waals surface area contributed by atoms with E-state index in [0.29, 0.717) is 13.0 Å². The maximum absolute atomic E-state index is 13.0. The second kappa shape index (κ2) is 7.97. The predicted octanol–water partition coefficient (Wildman–Crippen LogP) is 3.74. The van der Waals surface area contributed by atoms with Crippen LogP contribution in [-0.4, -0.2) is 46.2 Å². The van der Waals surface area contributed by atoms with Gasteiger partial charge in [-0.15, -0.1) is 0 Å². The van der Waals surface area contributed by atoms with Crippen LogP contribution in [0, 0.1) is 19.3 Å². The molecule has 2 amide bonds. The molecule has 152 valence electrons. The lowest BCUT2D eigenvalue weighted by atomic mass is 9.72. The normalized spacial score (nSPS) is 18.9. The highest BCUT2D eigenvalue weighted by atomic mass is 16.2. The molecule has 29 heavy (non-hydrogen) atoms. The van der Waals surface area contributed by atoms with Gasteiger partial charge in [0.15, 0.2) is 0 Å². The molecule has 1 aromatic carbocycles. The summed E-state index contributed by atoms with van der Waals surface area (Å²) in [5.74, 6) is 0.369. The molecule has 0 saturated carbocycles. The van der Waals surface area contributed by atoms with E-state index in [1.54, 1.807) is 12.4 Å². The molecular weight excluding hydrogens is 362 g/mol. The van der Waals surface area contributed by atoms with Crippen molar-refractivity contribution >= 4 is 11.8 Å². The standard InChI is InChI=1S/C24H29N3O2/c1-18-13-19(2)15-21(14-18)23(29)26-11-7-24(8-12-26)6-3-22(28)27(17-24)16-20-4-9-25-10-5-20/h4-5,9-10,13-15H,3,6-8,11-12,16-17H2,1-2H3. The van der Waals surface area contributed by atoms with Crippen molar-refractivity contribution in [3.8, 4) is 0 Å². The van der Waals surface area contributed by atoms with Gasteiger partial charge < -0.3 is 9.80 Å². The molecule has 2 aromatic rings. The first-order valence-electron chi connectivity index (χ1n) is 10.5. The molecule has 5 heteroatoms. The number of nitrogens with zero attached hydrogens (tertiary/aromatic N) is 3. The molecule has 1 spiro atoms. The Kier molecular flexibility index (Phi) is 5.39.